The maximum absolute atomic E-state index is 5.69. The summed E-state index contributed by atoms with van der Waals surface area (Å²) >= 11 is 0. The van der Waals surface area contributed by atoms with Gasteiger partial charge in [-0.05, 0) is 37.1 Å². The van der Waals surface area contributed by atoms with E-state index in [2.05, 4.69) is 0 Å². The number of hydrogen-bond acceptors (Lipinski definition) is 4. The van der Waals surface area contributed by atoms with Crippen LogP contribution >= 0.6 is 0 Å². The van der Waals surface area contributed by atoms with Gasteiger partial charge in [-0.3, -0.25) is 0 Å². The van der Waals surface area contributed by atoms with Gasteiger partial charge in [0.1, 0.15) is 24.7 Å². The Morgan fingerprint density at radius 2 is 1.30 bits per heavy atom. The van der Waals surface area contributed by atoms with Gasteiger partial charge in [0.15, 0.2) is 6.29 Å². The van der Waals surface area contributed by atoms with E-state index in [9.17, 15) is 0 Å². The lowest BCUT2D eigenvalue weighted by Crippen LogP contribution is -2.09. The first-order valence-corrected chi connectivity index (χ1v) is 8.06. The maximum atomic E-state index is 5.69. The number of hydrogen-bond donors (Lipinski definition) is 0. The van der Waals surface area contributed by atoms with Crippen LogP contribution in [0.3, 0.4) is 0 Å². The lowest BCUT2D eigenvalue weighted by atomic mass is 10.2. The highest BCUT2D eigenvalue weighted by atomic mass is 16.7. The molecule has 0 amide bonds. The quantitative estimate of drug-likeness (QED) is 0.756. The van der Waals surface area contributed by atoms with Crippen LogP contribution < -0.4 is 9.47 Å². The fraction of sp³-hybridized carbons (Fsp3) is 0.368. The predicted molar refractivity (Wildman–Crippen MR) is 87.8 cm³/mol. The molecule has 0 bridgehead atoms. The molecular weight excluding hydrogens is 292 g/mol. The van der Waals surface area contributed by atoms with Crippen molar-refractivity contribution < 1.29 is 18.9 Å². The van der Waals surface area contributed by atoms with E-state index in [1.807, 2.05) is 54.6 Å². The second-order valence-electron chi connectivity index (χ2n) is 5.36. The van der Waals surface area contributed by atoms with Crippen LogP contribution in [0.5, 0.6) is 11.5 Å². The molecule has 1 fully saturated rings. The highest BCUT2D eigenvalue weighted by molar-refractivity contribution is 5.28. The molecule has 2 aromatic rings. The van der Waals surface area contributed by atoms with Crippen molar-refractivity contribution in [2.75, 3.05) is 26.4 Å². The molecule has 0 radical (unpaired) electrons. The monoisotopic (exact) mass is 314 g/mol. The SMILES string of the molecule is c1ccc(OCCOc2ccc(C3OCCCCO3)cc2)cc1. The van der Waals surface area contributed by atoms with E-state index in [-0.39, 0.29) is 6.29 Å². The lowest BCUT2D eigenvalue weighted by molar-refractivity contribution is -0.130. The molecule has 1 saturated heterocycles. The Balaban J connectivity index is 1.44. The van der Waals surface area contributed by atoms with E-state index in [1.165, 1.54) is 0 Å². The molecule has 122 valence electrons. The van der Waals surface area contributed by atoms with Crippen molar-refractivity contribution in [3.8, 4) is 11.5 Å². The van der Waals surface area contributed by atoms with Gasteiger partial charge in [-0.15, -0.1) is 0 Å². The molecule has 0 saturated carbocycles. The van der Waals surface area contributed by atoms with Crippen molar-refractivity contribution in [2.24, 2.45) is 0 Å². The zero-order valence-electron chi connectivity index (χ0n) is 13.1. The molecule has 23 heavy (non-hydrogen) atoms. The van der Waals surface area contributed by atoms with E-state index in [0.717, 1.165) is 43.1 Å². The summed E-state index contributed by atoms with van der Waals surface area (Å²) in [4.78, 5) is 0. The first kappa shape index (κ1) is 15.8. The molecule has 0 aromatic heterocycles. The Bertz CT molecular complexity index is 560. The van der Waals surface area contributed by atoms with E-state index < -0.39 is 0 Å². The molecule has 1 heterocycles. The third-order valence-corrected chi connectivity index (χ3v) is 3.59. The maximum Gasteiger partial charge on any atom is 0.183 e. The highest BCUT2D eigenvalue weighted by Gasteiger charge is 2.15. The molecule has 2 aromatic carbocycles. The van der Waals surface area contributed by atoms with Gasteiger partial charge in [0.2, 0.25) is 0 Å². The van der Waals surface area contributed by atoms with Crippen molar-refractivity contribution in [3.05, 3.63) is 60.2 Å². The minimum absolute atomic E-state index is 0.257. The molecular formula is C19H22O4. The minimum atomic E-state index is -0.257. The zero-order chi connectivity index (χ0) is 15.7. The van der Waals surface area contributed by atoms with Crippen LogP contribution in [0.2, 0.25) is 0 Å². The standard InChI is InChI=1S/C19H22O4/c1-2-6-17(7-3-1)20-14-15-21-18-10-8-16(9-11-18)19-22-12-4-5-13-23-19/h1-3,6-11,19H,4-5,12-15H2. The Labute approximate surface area is 136 Å². The van der Waals surface area contributed by atoms with Crippen LogP contribution in [0.15, 0.2) is 54.6 Å². The normalized spacial score (nSPS) is 15.8. The zero-order valence-corrected chi connectivity index (χ0v) is 13.1. The summed E-state index contributed by atoms with van der Waals surface area (Å²) in [6.45, 7) is 2.52. The van der Waals surface area contributed by atoms with Gasteiger partial charge in [-0.2, -0.15) is 0 Å². The molecule has 4 nitrogen and oxygen atoms in total. The molecule has 0 unspecified atom stereocenters. The largest absolute Gasteiger partial charge is 0.490 e. The van der Waals surface area contributed by atoms with Gasteiger partial charge in [0, 0.05) is 5.56 Å². The van der Waals surface area contributed by atoms with Gasteiger partial charge in [0.25, 0.3) is 0 Å². The molecule has 0 aliphatic carbocycles. The number of ether oxygens (including phenoxy) is 4. The third-order valence-electron chi connectivity index (χ3n) is 3.59. The molecule has 0 atom stereocenters. The summed E-state index contributed by atoms with van der Waals surface area (Å²) in [5, 5.41) is 0. The first-order chi connectivity index (χ1) is 11.4. The van der Waals surface area contributed by atoms with E-state index in [4.69, 9.17) is 18.9 Å². The molecule has 1 aliphatic heterocycles. The van der Waals surface area contributed by atoms with Crippen LogP contribution in [0.4, 0.5) is 0 Å². The average molecular weight is 314 g/mol. The highest BCUT2D eigenvalue weighted by Crippen LogP contribution is 2.24. The molecule has 0 spiro atoms. The fourth-order valence-corrected chi connectivity index (χ4v) is 2.38. The van der Waals surface area contributed by atoms with Crippen molar-refractivity contribution in [1.82, 2.24) is 0 Å². The summed E-state index contributed by atoms with van der Waals surface area (Å²) < 4.78 is 22.7. The van der Waals surface area contributed by atoms with Crippen LogP contribution in [0.1, 0.15) is 24.7 Å². The van der Waals surface area contributed by atoms with Crippen molar-refractivity contribution in [1.29, 1.82) is 0 Å². The number of para-hydroxylation sites is 1. The molecule has 1 aliphatic rings. The van der Waals surface area contributed by atoms with Gasteiger partial charge >= 0.3 is 0 Å². The van der Waals surface area contributed by atoms with Gasteiger partial charge in [-0.1, -0.05) is 30.3 Å². The third kappa shape index (κ3) is 4.98. The Kier molecular flexibility index (Phi) is 5.89. The Morgan fingerprint density at radius 1 is 0.739 bits per heavy atom. The Morgan fingerprint density at radius 3 is 1.91 bits per heavy atom. The fourth-order valence-electron chi connectivity index (χ4n) is 2.38. The van der Waals surface area contributed by atoms with Gasteiger partial charge in [0.05, 0.1) is 13.2 Å². The van der Waals surface area contributed by atoms with Crippen molar-refractivity contribution in [2.45, 2.75) is 19.1 Å². The van der Waals surface area contributed by atoms with Crippen molar-refractivity contribution in [3.63, 3.8) is 0 Å². The summed E-state index contributed by atoms with van der Waals surface area (Å²) in [5.74, 6) is 1.67. The average Bonchev–Trinajstić information content (AvgIpc) is 2.90. The molecule has 0 N–H and O–H groups in total. The smallest absolute Gasteiger partial charge is 0.183 e. The van der Waals surface area contributed by atoms with Crippen molar-refractivity contribution >= 4 is 0 Å². The number of benzene rings is 2. The van der Waals surface area contributed by atoms with E-state index in [0.29, 0.717) is 13.2 Å². The van der Waals surface area contributed by atoms with Gasteiger partial charge < -0.3 is 18.9 Å². The van der Waals surface area contributed by atoms with E-state index in [1.54, 1.807) is 0 Å². The van der Waals surface area contributed by atoms with Crippen LogP contribution in [-0.2, 0) is 9.47 Å². The van der Waals surface area contributed by atoms with Crippen LogP contribution in [0, 0.1) is 0 Å². The van der Waals surface area contributed by atoms with Crippen LogP contribution in [-0.4, -0.2) is 26.4 Å². The number of rotatable bonds is 6. The van der Waals surface area contributed by atoms with Crippen LogP contribution in [0.25, 0.3) is 0 Å². The minimum Gasteiger partial charge on any atom is -0.490 e. The predicted octanol–water partition coefficient (Wildman–Crippen LogP) is 3.97. The second kappa shape index (κ2) is 8.56. The lowest BCUT2D eigenvalue weighted by Gasteiger charge is -2.16. The van der Waals surface area contributed by atoms with E-state index >= 15 is 0 Å². The topological polar surface area (TPSA) is 36.9 Å². The second-order valence-corrected chi connectivity index (χ2v) is 5.36. The molecule has 3 rings (SSSR count). The summed E-state index contributed by atoms with van der Waals surface area (Å²) in [5.41, 5.74) is 1.03. The Hall–Kier alpha value is -2.04. The summed E-state index contributed by atoms with van der Waals surface area (Å²) in [6, 6.07) is 17.6. The summed E-state index contributed by atoms with van der Waals surface area (Å²) in [6.07, 6.45) is 1.85. The molecule has 4 heteroatoms. The summed E-state index contributed by atoms with van der Waals surface area (Å²) in [7, 11) is 0. The first-order valence-electron chi connectivity index (χ1n) is 8.06. The van der Waals surface area contributed by atoms with Gasteiger partial charge in [-0.25, -0.2) is 0 Å².